The van der Waals surface area contributed by atoms with Crippen LogP contribution in [0.5, 0.6) is 0 Å². The van der Waals surface area contributed by atoms with Crippen LogP contribution in [0.4, 0.5) is 36.6 Å². The smallest absolute Gasteiger partial charge is 0.383 e. The molecule has 0 radical (unpaired) electrons. The maximum absolute atomic E-state index is 13.3. The molecule has 0 amide bonds. The molecule has 138 valence electrons. The molecule has 26 heavy (non-hydrogen) atoms. The van der Waals surface area contributed by atoms with Gasteiger partial charge in [-0.2, -0.15) is 31.4 Å². The van der Waals surface area contributed by atoms with Gasteiger partial charge in [-0.25, -0.2) is 14.1 Å². The molecule has 0 atom stereocenters. The molecule has 11 heteroatoms. The Kier molecular flexibility index (Phi) is 3.85. The zero-order chi connectivity index (χ0) is 19.4. The van der Waals surface area contributed by atoms with Gasteiger partial charge in [-0.3, -0.25) is 0 Å². The van der Waals surface area contributed by atoms with Crippen molar-refractivity contribution in [2.75, 3.05) is 5.73 Å². The van der Waals surface area contributed by atoms with Crippen LogP contribution in [-0.4, -0.2) is 14.8 Å². The number of alkyl halides is 6. The Balaban J connectivity index is 2.38. The number of anilines is 1. The van der Waals surface area contributed by atoms with Crippen LogP contribution in [0.3, 0.4) is 0 Å². The van der Waals surface area contributed by atoms with Gasteiger partial charge in [0.1, 0.15) is 11.6 Å². The van der Waals surface area contributed by atoms with Gasteiger partial charge < -0.3 is 5.73 Å². The first kappa shape index (κ1) is 18.0. The molecule has 0 saturated carbocycles. The van der Waals surface area contributed by atoms with Gasteiger partial charge in [0.2, 0.25) is 0 Å². The number of halogens is 7. The summed E-state index contributed by atoms with van der Waals surface area (Å²) >= 11 is 0. The molecule has 3 rings (SSSR count). The average molecular weight is 378 g/mol. The summed E-state index contributed by atoms with van der Waals surface area (Å²) in [6.45, 7) is 1.28. The first-order valence-corrected chi connectivity index (χ1v) is 6.99. The normalized spacial score (nSPS) is 12.8. The fraction of sp³-hybridized carbons (Fsp3) is 0.200. The number of benzene rings is 1. The monoisotopic (exact) mass is 378 g/mol. The number of fused-ring (bicyclic) bond motifs is 1. The topological polar surface area (TPSA) is 56.7 Å². The van der Waals surface area contributed by atoms with E-state index in [1.807, 2.05) is 0 Å². The van der Waals surface area contributed by atoms with E-state index in [4.69, 9.17) is 5.73 Å². The van der Waals surface area contributed by atoms with E-state index < -0.39 is 46.3 Å². The third-order valence-corrected chi connectivity index (χ3v) is 3.58. The van der Waals surface area contributed by atoms with E-state index in [9.17, 15) is 30.7 Å². The Labute approximate surface area is 141 Å². The van der Waals surface area contributed by atoms with Crippen molar-refractivity contribution in [3.63, 3.8) is 0 Å². The fourth-order valence-electron chi connectivity index (χ4n) is 2.56. The number of nitrogen functional groups attached to an aromatic ring is 1. The molecule has 3 aromatic rings. The highest BCUT2D eigenvalue weighted by Gasteiger charge is 2.39. The summed E-state index contributed by atoms with van der Waals surface area (Å²) in [6, 6.07) is 2.85. The highest BCUT2D eigenvalue weighted by atomic mass is 19.4. The highest BCUT2D eigenvalue weighted by molar-refractivity contribution is 5.92. The van der Waals surface area contributed by atoms with Crippen LogP contribution in [0.25, 0.3) is 16.6 Å². The van der Waals surface area contributed by atoms with Gasteiger partial charge in [0.05, 0.1) is 22.2 Å². The highest BCUT2D eigenvalue weighted by Crippen LogP contribution is 2.39. The Morgan fingerprint density at radius 2 is 1.65 bits per heavy atom. The summed E-state index contributed by atoms with van der Waals surface area (Å²) in [6.07, 6.45) is -9.86. The lowest BCUT2D eigenvalue weighted by atomic mass is 10.1. The first-order valence-electron chi connectivity index (χ1n) is 6.99. The molecule has 0 saturated heterocycles. The summed E-state index contributed by atoms with van der Waals surface area (Å²) in [7, 11) is 0. The van der Waals surface area contributed by atoms with Crippen molar-refractivity contribution in [2.45, 2.75) is 19.3 Å². The van der Waals surface area contributed by atoms with Gasteiger partial charge in [0.25, 0.3) is 0 Å². The molecule has 4 nitrogen and oxygen atoms in total. The van der Waals surface area contributed by atoms with Gasteiger partial charge in [0, 0.05) is 5.69 Å². The lowest BCUT2D eigenvalue weighted by Crippen LogP contribution is -2.14. The number of nitrogens with zero attached hydrogens (tertiary/aromatic N) is 3. The Hall–Kier alpha value is -2.85. The summed E-state index contributed by atoms with van der Waals surface area (Å²) in [5.41, 5.74) is 1.88. The average Bonchev–Trinajstić information content (AvgIpc) is 2.81. The second-order valence-electron chi connectivity index (χ2n) is 5.46. The third kappa shape index (κ3) is 2.93. The molecule has 0 bridgehead atoms. The van der Waals surface area contributed by atoms with Crippen molar-refractivity contribution in [1.82, 2.24) is 14.8 Å². The van der Waals surface area contributed by atoms with E-state index in [2.05, 4.69) is 10.1 Å². The van der Waals surface area contributed by atoms with E-state index in [0.29, 0.717) is 4.68 Å². The molecule has 1 aromatic carbocycles. The van der Waals surface area contributed by atoms with Gasteiger partial charge in [-0.15, -0.1) is 0 Å². The van der Waals surface area contributed by atoms with Gasteiger partial charge >= 0.3 is 12.4 Å². The summed E-state index contributed by atoms with van der Waals surface area (Å²) in [5, 5.41) is 3.13. The number of hydrogen-bond acceptors (Lipinski definition) is 3. The lowest BCUT2D eigenvalue weighted by molar-refractivity contribution is -0.140. The van der Waals surface area contributed by atoms with Crippen LogP contribution in [0.15, 0.2) is 24.3 Å². The maximum Gasteiger partial charge on any atom is 0.434 e. The standard InChI is InChI=1S/C15H9F7N4/c1-6-4-9-11(12(24-6)15(20,21)22)13(23)26(25-9)10-3-2-7(16)5-8(10)14(17,18)19/h2-5H,23H2,1H3. The van der Waals surface area contributed by atoms with Crippen LogP contribution >= 0.6 is 0 Å². The SMILES string of the molecule is Cc1cc2nn(-c3ccc(F)cc3C(F)(F)F)c(N)c2c(C(F)(F)F)n1. The van der Waals surface area contributed by atoms with Crippen molar-refractivity contribution in [3.05, 3.63) is 47.0 Å². The van der Waals surface area contributed by atoms with Crippen LogP contribution in [-0.2, 0) is 12.4 Å². The predicted octanol–water partition coefficient (Wildman–Crippen LogP) is 4.49. The molecule has 0 aliphatic rings. The molecule has 0 unspecified atom stereocenters. The van der Waals surface area contributed by atoms with E-state index >= 15 is 0 Å². The van der Waals surface area contributed by atoms with Crippen molar-refractivity contribution in [1.29, 1.82) is 0 Å². The van der Waals surface area contributed by atoms with E-state index in [1.165, 1.54) is 6.92 Å². The third-order valence-electron chi connectivity index (χ3n) is 3.58. The van der Waals surface area contributed by atoms with Gasteiger partial charge in [-0.05, 0) is 31.2 Å². The zero-order valence-electron chi connectivity index (χ0n) is 12.9. The molecule has 2 N–H and O–H groups in total. The van der Waals surface area contributed by atoms with Crippen molar-refractivity contribution >= 4 is 16.7 Å². The Bertz CT molecular complexity index is 1000. The predicted molar refractivity (Wildman–Crippen MR) is 78.0 cm³/mol. The maximum atomic E-state index is 13.3. The first-order chi connectivity index (χ1) is 11.9. The fourth-order valence-corrected chi connectivity index (χ4v) is 2.56. The van der Waals surface area contributed by atoms with E-state index in [1.54, 1.807) is 0 Å². The zero-order valence-corrected chi connectivity index (χ0v) is 12.9. The molecular formula is C15H9F7N4. The van der Waals surface area contributed by atoms with Crippen molar-refractivity contribution in [2.24, 2.45) is 0 Å². The lowest BCUT2D eigenvalue weighted by Gasteiger charge is -2.14. The van der Waals surface area contributed by atoms with Crippen molar-refractivity contribution < 1.29 is 30.7 Å². The number of nitrogens with two attached hydrogens (primary N) is 1. The minimum Gasteiger partial charge on any atom is -0.383 e. The van der Waals surface area contributed by atoms with E-state index in [0.717, 1.165) is 18.2 Å². The Morgan fingerprint density at radius 3 is 2.23 bits per heavy atom. The molecular weight excluding hydrogens is 369 g/mol. The van der Waals surface area contributed by atoms with Crippen LogP contribution in [0.2, 0.25) is 0 Å². The second-order valence-corrected chi connectivity index (χ2v) is 5.46. The molecule has 0 spiro atoms. The quantitative estimate of drug-likeness (QED) is 0.635. The summed E-state index contributed by atoms with van der Waals surface area (Å²) < 4.78 is 93.0. The number of rotatable bonds is 1. The van der Waals surface area contributed by atoms with Crippen molar-refractivity contribution in [3.8, 4) is 5.69 Å². The minimum atomic E-state index is -4.97. The molecule has 0 fully saturated rings. The summed E-state index contributed by atoms with van der Waals surface area (Å²) in [5.74, 6) is -1.85. The Morgan fingerprint density at radius 1 is 1.00 bits per heavy atom. The van der Waals surface area contributed by atoms with Crippen LogP contribution in [0.1, 0.15) is 17.0 Å². The molecule has 2 heterocycles. The number of pyridine rings is 1. The largest absolute Gasteiger partial charge is 0.434 e. The number of aromatic nitrogens is 3. The van der Waals surface area contributed by atoms with Crippen LogP contribution < -0.4 is 5.73 Å². The van der Waals surface area contributed by atoms with Crippen LogP contribution in [0, 0.1) is 12.7 Å². The summed E-state index contributed by atoms with van der Waals surface area (Å²) in [4.78, 5) is 3.39. The molecule has 0 aliphatic carbocycles. The van der Waals surface area contributed by atoms with Gasteiger partial charge in [-0.1, -0.05) is 0 Å². The van der Waals surface area contributed by atoms with E-state index in [-0.39, 0.29) is 17.3 Å². The molecule has 0 aliphatic heterocycles. The number of aryl methyl sites for hydroxylation is 1. The number of hydrogen-bond donors (Lipinski definition) is 1. The second kappa shape index (κ2) is 5.58. The van der Waals surface area contributed by atoms with Gasteiger partial charge in [0.15, 0.2) is 5.69 Å². The molecule has 2 aromatic heterocycles. The minimum absolute atomic E-state index is 0.0374.